The maximum Gasteiger partial charge on any atom is 0.344 e. The second-order valence-corrected chi connectivity index (χ2v) is 35.2. The Morgan fingerprint density at radius 2 is 1.21 bits per heavy atom. The maximum absolute atomic E-state index is 11.7. The first kappa shape index (κ1) is 71.9. The molecule has 2 aromatic heterocycles. The maximum atomic E-state index is 11.7. The summed E-state index contributed by atoms with van der Waals surface area (Å²) in [5, 5.41) is 30.6. The molecule has 3 aliphatic rings. The Kier molecular flexibility index (Phi) is 26.3. The summed E-state index contributed by atoms with van der Waals surface area (Å²) >= 11 is 0. The van der Waals surface area contributed by atoms with Crippen LogP contribution in [0.4, 0.5) is 40.3 Å². The summed E-state index contributed by atoms with van der Waals surface area (Å²) in [4.78, 5) is 51.3. The number of hydrogen-bond donors (Lipinski definition) is 11. The summed E-state index contributed by atoms with van der Waals surface area (Å²) in [6, 6.07) is 21.0. The lowest BCUT2D eigenvalue weighted by Crippen LogP contribution is -2.57. The molecular formula is C60H93N21O6Si2. The zero-order valence-corrected chi connectivity index (χ0v) is 55.4. The highest BCUT2D eigenvalue weighted by Crippen LogP contribution is 2.41. The fraction of sp³-hybridized carbons (Fsp3) is 0.533. The van der Waals surface area contributed by atoms with E-state index in [1.54, 1.807) is 24.3 Å². The van der Waals surface area contributed by atoms with Gasteiger partial charge in [0.05, 0.1) is 36.1 Å². The zero-order valence-electron chi connectivity index (χ0n) is 53.4. The summed E-state index contributed by atoms with van der Waals surface area (Å²) in [7, 11) is -3.63. The number of nitrogens with zero attached hydrogens (tertiary/aromatic N) is 11. The monoisotopic (exact) mass is 1260 g/mol. The minimum absolute atomic E-state index is 0.0166. The molecule has 5 aromatic rings. The van der Waals surface area contributed by atoms with E-state index in [0.717, 1.165) is 73.9 Å². The first-order valence-electron chi connectivity index (χ1n) is 29.9. The van der Waals surface area contributed by atoms with Crippen LogP contribution in [-0.4, -0.2) is 108 Å². The van der Waals surface area contributed by atoms with Gasteiger partial charge in [-0.1, -0.05) is 94.6 Å². The van der Waals surface area contributed by atoms with Crippen molar-refractivity contribution in [3.8, 4) is 6.01 Å². The number of carbonyl (C=O) groups is 2. The molecule has 0 spiro atoms. The molecular weight excluding hydrogens is 1170 g/mol. The Bertz CT molecular complexity index is 3260. The van der Waals surface area contributed by atoms with E-state index >= 15 is 0 Å². The normalized spacial score (nSPS) is 21.7. The van der Waals surface area contributed by atoms with Crippen molar-refractivity contribution in [1.29, 1.82) is 5.53 Å². The molecule has 3 fully saturated rings. The lowest BCUT2D eigenvalue weighted by Gasteiger charge is -2.43. The average molecular weight is 1260 g/mol. The smallest absolute Gasteiger partial charge is 0.344 e. The molecule has 2 amide bonds. The number of aliphatic hydroxyl groups is 1. The van der Waals surface area contributed by atoms with Crippen molar-refractivity contribution in [3.63, 3.8) is 0 Å². The predicted molar refractivity (Wildman–Crippen MR) is 354 cm³/mol. The molecule has 27 nitrogen and oxygen atoms in total. The van der Waals surface area contributed by atoms with Crippen LogP contribution in [0.1, 0.15) is 131 Å². The molecule has 8 rings (SSSR count). The van der Waals surface area contributed by atoms with Gasteiger partial charge in [0.15, 0.2) is 22.5 Å². The van der Waals surface area contributed by atoms with Gasteiger partial charge in [-0.2, -0.15) is 15.1 Å². The number of anilines is 6. The van der Waals surface area contributed by atoms with Gasteiger partial charge in [-0.3, -0.25) is 9.59 Å². The number of aliphatic hydroxyl groups excluding tert-OH is 1. The van der Waals surface area contributed by atoms with Crippen molar-refractivity contribution >= 4 is 68.8 Å². The SMILES string of the molecule is CC(C)(C)[Si](C)(C)O[C@H]1CCC[C@@H](N)[C@H]1N.CC(C)(C)[Si](C)(C)O[C@H]1CCC[C@@H](N=[N+]=[N-])[C@H]1N=[N+]=[N-].Cc1cccc(Nc2nc(N[C@@H]3CCC[C@H](O)[C@@H]3N)ncc2C(N)=O)c1.Cc1cccc(Nc2nc(ONc3ccccc3N=N)ncc2C(N)=O)c1. The molecule has 3 saturated carbocycles. The molecule has 29 heteroatoms. The van der Waals surface area contributed by atoms with Gasteiger partial charge >= 0.3 is 6.01 Å². The predicted octanol–water partition coefficient (Wildman–Crippen LogP) is 12.1. The minimum atomic E-state index is -1.93. The van der Waals surface area contributed by atoms with Crippen molar-refractivity contribution in [2.75, 3.05) is 21.4 Å². The molecule has 89 heavy (non-hydrogen) atoms. The average Bonchev–Trinajstić information content (AvgIpc) is 1.81. The van der Waals surface area contributed by atoms with Crippen LogP contribution in [0, 0.1) is 19.4 Å². The van der Waals surface area contributed by atoms with Gasteiger partial charge in [-0.05, 0) is 160 Å². The topological polar surface area (TPSA) is 446 Å². The number of carbonyl (C=O) groups excluding carboxylic acids is 2. The Labute approximate surface area is 524 Å². The Hall–Kier alpha value is -7.83. The van der Waals surface area contributed by atoms with Gasteiger partial charge in [-0.25, -0.2) is 21.0 Å². The van der Waals surface area contributed by atoms with E-state index in [4.69, 9.17) is 59.0 Å². The van der Waals surface area contributed by atoms with Crippen LogP contribution in [0.3, 0.4) is 0 Å². The van der Waals surface area contributed by atoms with Gasteiger partial charge in [0.25, 0.3) is 11.8 Å². The number of nitrogens with one attached hydrogen (secondary N) is 5. The van der Waals surface area contributed by atoms with E-state index < -0.39 is 46.6 Å². The van der Waals surface area contributed by atoms with Crippen LogP contribution in [0.25, 0.3) is 20.9 Å². The summed E-state index contributed by atoms with van der Waals surface area (Å²) in [5.74, 6) is -0.400. The van der Waals surface area contributed by atoms with Crippen LogP contribution in [-0.2, 0) is 8.85 Å². The van der Waals surface area contributed by atoms with Crippen molar-refractivity contribution in [2.24, 2.45) is 44.0 Å². The summed E-state index contributed by atoms with van der Waals surface area (Å²) in [6.45, 7) is 26.1. The van der Waals surface area contributed by atoms with E-state index in [9.17, 15) is 14.7 Å². The van der Waals surface area contributed by atoms with Crippen LogP contribution in [0.15, 0.2) is 101 Å². The molecule has 0 unspecified atom stereocenters. The minimum Gasteiger partial charge on any atom is -0.414 e. The van der Waals surface area contributed by atoms with Crippen LogP contribution in [0.5, 0.6) is 6.01 Å². The molecule has 482 valence electrons. The summed E-state index contributed by atoms with van der Waals surface area (Å²) in [5.41, 5.74) is 61.1. The van der Waals surface area contributed by atoms with E-state index in [1.807, 2.05) is 62.4 Å². The number of nitrogens with two attached hydrogens (primary N) is 5. The molecule has 3 aliphatic carbocycles. The van der Waals surface area contributed by atoms with E-state index in [-0.39, 0.29) is 69.4 Å². The molecule has 2 heterocycles. The van der Waals surface area contributed by atoms with Crippen LogP contribution in [0.2, 0.25) is 36.3 Å². The highest BCUT2D eigenvalue weighted by molar-refractivity contribution is 6.74. The fourth-order valence-electron chi connectivity index (χ4n) is 9.54. The van der Waals surface area contributed by atoms with Gasteiger partial charge in [0.2, 0.25) is 5.95 Å². The van der Waals surface area contributed by atoms with Gasteiger partial charge < -0.3 is 63.4 Å². The van der Waals surface area contributed by atoms with Gasteiger partial charge in [0, 0.05) is 57.8 Å². The lowest BCUT2D eigenvalue weighted by molar-refractivity contribution is 0.0991. The number of aryl methyl sites for hydroxylation is 2. The number of hydrogen-bond acceptors (Lipinski definition) is 21. The quantitative estimate of drug-likeness (QED) is 0.0128. The summed E-state index contributed by atoms with van der Waals surface area (Å²) < 4.78 is 12.7. The highest BCUT2D eigenvalue weighted by atomic mass is 28.4. The molecule has 0 bridgehead atoms. The third-order valence-corrected chi connectivity index (χ3v) is 25.8. The Balaban J connectivity index is 0.000000220. The Morgan fingerprint density at radius 1 is 0.685 bits per heavy atom. The van der Waals surface area contributed by atoms with Gasteiger partial charge in [0.1, 0.15) is 22.6 Å². The second kappa shape index (κ2) is 32.6. The van der Waals surface area contributed by atoms with Crippen molar-refractivity contribution in [3.05, 3.63) is 128 Å². The van der Waals surface area contributed by atoms with Crippen LogP contribution >= 0.6 is 0 Å². The standard InChI is InChI=1S/C18H17N7O2.C18H24N6O2.C12H24N6OSi.C12H28N2OSi/c1-11-5-4-6-12(9-11)22-17-13(16(19)26)10-21-18(23-17)27-25-15-8-3-2-7-14(15)24-20;1-10-4-2-5-11(8-10)22-17-12(16(20)26)9-21-18(24-17)23-13-6-3-7-14(25)15(13)19;1-12(2,3)20(4,5)19-10-8-6-7-9(15-17-13)11(10)16-18-14;1-12(2,3)16(4,5)15-10-8-6-7-9(13)11(10)14/h2-10,20,25H,1H3,(H2,19,26)(H,21,22,23);2,4-5,8-9,13-15,25H,3,6-7,19H2,1H3,(H2,20,26)(H2,21,22,23,24);9-11H,6-8H2,1-5H3;9-11H,6-8,13-14H2,1-5H3/t;13-,14+,15-;2*9-,10+,11-/m.111/s1. The number of azide groups is 2. The van der Waals surface area contributed by atoms with Crippen molar-refractivity contribution in [2.45, 2.75) is 204 Å². The van der Waals surface area contributed by atoms with Crippen LogP contribution < -0.4 is 54.9 Å². The van der Waals surface area contributed by atoms with Crippen molar-refractivity contribution in [1.82, 2.24) is 19.9 Å². The van der Waals surface area contributed by atoms with Crippen molar-refractivity contribution < 1.29 is 28.4 Å². The fourth-order valence-corrected chi connectivity index (χ4v) is 12.3. The number of para-hydroxylation sites is 2. The number of benzene rings is 3. The third kappa shape index (κ3) is 21.2. The number of aromatic nitrogens is 4. The number of amides is 2. The zero-order chi connectivity index (χ0) is 65.9. The van der Waals surface area contributed by atoms with Gasteiger partial charge in [-0.15, -0.1) is 0 Å². The molecule has 3 aromatic carbocycles. The highest BCUT2D eigenvalue weighted by Gasteiger charge is 2.44. The van der Waals surface area contributed by atoms with E-state index in [0.29, 0.717) is 29.6 Å². The molecule has 16 N–H and O–H groups in total. The molecule has 0 saturated heterocycles. The third-order valence-electron chi connectivity index (χ3n) is 16.8. The van der Waals surface area contributed by atoms with E-state index in [2.05, 4.69) is 134 Å². The van der Waals surface area contributed by atoms with E-state index in [1.165, 1.54) is 12.4 Å². The lowest BCUT2D eigenvalue weighted by atomic mass is 9.88. The number of primary amides is 2. The largest absolute Gasteiger partial charge is 0.414 e. The number of rotatable bonds is 18. The first-order chi connectivity index (χ1) is 41.9. The molecule has 0 aliphatic heterocycles. The summed E-state index contributed by atoms with van der Waals surface area (Å²) in [6.07, 6.45) is 10.3. The molecule has 9 atom stereocenters. The molecule has 0 radical (unpaired) electrons. The second-order valence-electron chi connectivity index (χ2n) is 25.7. The first-order valence-corrected chi connectivity index (χ1v) is 35.8. The Morgan fingerprint density at radius 3 is 1.76 bits per heavy atom.